The van der Waals surface area contributed by atoms with E-state index in [4.69, 9.17) is 9.47 Å². The SMILES string of the molecule is FC(F)(F)c1ccc(C#CC2(c3ccccc3)OCCO2)cc1. The number of rotatable bonds is 1. The molecule has 0 aliphatic carbocycles. The average Bonchev–Trinajstić information content (AvgIpc) is 3.04. The largest absolute Gasteiger partial charge is 0.416 e. The quantitative estimate of drug-likeness (QED) is 0.741. The van der Waals surface area contributed by atoms with Gasteiger partial charge in [0, 0.05) is 11.1 Å². The molecular weight excluding hydrogens is 305 g/mol. The third-order valence-electron chi connectivity index (χ3n) is 3.43. The minimum Gasteiger partial charge on any atom is -0.334 e. The molecule has 1 aliphatic heterocycles. The van der Waals surface area contributed by atoms with Gasteiger partial charge in [-0.05, 0) is 30.2 Å². The lowest BCUT2D eigenvalue weighted by atomic mass is 10.1. The summed E-state index contributed by atoms with van der Waals surface area (Å²) >= 11 is 0. The molecule has 1 fully saturated rings. The van der Waals surface area contributed by atoms with E-state index in [1.165, 1.54) is 12.1 Å². The monoisotopic (exact) mass is 318 g/mol. The minimum atomic E-state index is -4.35. The molecule has 2 aromatic carbocycles. The summed E-state index contributed by atoms with van der Waals surface area (Å²) in [6, 6.07) is 13.9. The molecule has 5 heteroatoms. The standard InChI is InChI=1S/C18H13F3O2/c19-18(20,21)16-8-6-14(7-9-16)10-11-17(22-12-13-23-17)15-4-2-1-3-5-15/h1-9H,12-13H2. The molecular formula is C18H13F3O2. The van der Waals surface area contributed by atoms with Crippen molar-refractivity contribution in [1.82, 2.24) is 0 Å². The van der Waals surface area contributed by atoms with Crippen LogP contribution < -0.4 is 0 Å². The van der Waals surface area contributed by atoms with E-state index in [0.717, 1.165) is 17.7 Å². The van der Waals surface area contributed by atoms with Gasteiger partial charge in [0.15, 0.2) is 0 Å². The molecule has 0 atom stereocenters. The lowest BCUT2D eigenvalue weighted by molar-refractivity contribution is -0.137. The molecule has 118 valence electrons. The van der Waals surface area contributed by atoms with Gasteiger partial charge in [0.05, 0.1) is 18.8 Å². The molecule has 0 amide bonds. The maximum atomic E-state index is 12.6. The van der Waals surface area contributed by atoms with Crippen LogP contribution in [0.2, 0.25) is 0 Å². The first kappa shape index (κ1) is 15.6. The molecule has 1 saturated heterocycles. The summed E-state index contributed by atoms with van der Waals surface area (Å²) in [6.45, 7) is 0.827. The lowest BCUT2D eigenvalue weighted by Gasteiger charge is -2.21. The van der Waals surface area contributed by atoms with Crippen molar-refractivity contribution in [2.45, 2.75) is 12.0 Å². The lowest BCUT2D eigenvalue weighted by Crippen LogP contribution is -2.24. The molecule has 0 saturated carbocycles. The predicted octanol–water partition coefficient (Wildman–Crippen LogP) is 3.96. The topological polar surface area (TPSA) is 18.5 Å². The van der Waals surface area contributed by atoms with E-state index in [9.17, 15) is 13.2 Å². The second kappa shape index (κ2) is 6.07. The number of benzene rings is 2. The molecule has 0 N–H and O–H groups in total. The van der Waals surface area contributed by atoms with E-state index in [0.29, 0.717) is 18.8 Å². The number of hydrogen-bond donors (Lipinski definition) is 0. The molecule has 0 spiro atoms. The van der Waals surface area contributed by atoms with Crippen LogP contribution in [0.15, 0.2) is 54.6 Å². The van der Waals surface area contributed by atoms with Crippen molar-refractivity contribution in [1.29, 1.82) is 0 Å². The predicted molar refractivity (Wildman–Crippen MR) is 78.3 cm³/mol. The summed E-state index contributed by atoms with van der Waals surface area (Å²) in [5, 5.41) is 0. The first-order valence-electron chi connectivity index (χ1n) is 7.03. The van der Waals surface area contributed by atoms with Crippen LogP contribution in [-0.4, -0.2) is 13.2 Å². The Morgan fingerprint density at radius 2 is 1.48 bits per heavy atom. The molecule has 0 bridgehead atoms. The smallest absolute Gasteiger partial charge is 0.334 e. The highest BCUT2D eigenvalue weighted by Crippen LogP contribution is 2.31. The molecule has 1 aliphatic rings. The van der Waals surface area contributed by atoms with Crippen molar-refractivity contribution in [3.63, 3.8) is 0 Å². The minimum absolute atomic E-state index is 0.413. The molecule has 2 nitrogen and oxygen atoms in total. The fraction of sp³-hybridized carbons (Fsp3) is 0.222. The Labute approximate surface area is 131 Å². The number of hydrogen-bond acceptors (Lipinski definition) is 2. The van der Waals surface area contributed by atoms with E-state index < -0.39 is 17.5 Å². The second-order valence-corrected chi connectivity index (χ2v) is 5.00. The van der Waals surface area contributed by atoms with Gasteiger partial charge in [-0.25, -0.2) is 0 Å². The van der Waals surface area contributed by atoms with Crippen LogP contribution in [0.3, 0.4) is 0 Å². The van der Waals surface area contributed by atoms with Crippen LogP contribution in [0.25, 0.3) is 0 Å². The van der Waals surface area contributed by atoms with Crippen molar-refractivity contribution in [2.75, 3.05) is 13.2 Å². The Balaban J connectivity index is 1.89. The fourth-order valence-corrected chi connectivity index (χ4v) is 2.28. The Bertz CT molecular complexity index is 719. The zero-order chi connectivity index (χ0) is 16.3. The van der Waals surface area contributed by atoms with Gasteiger partial charge in [-0.3, -0.25) is 0 Å². The third-order valence-corrected chi connectivity index (χ3v) is 3.43. The van der Waals surface area contributed by atoms with E-state index in [2.05, 4.69) is 11.8 Å². The summed E-state index contributed by atoms with van der Waals surface area (Å²) < 4.78 is 49.0. The van der Waals surface area contributed by atoms with Crippen LogP contribution in [0.5, 0.6) is 0 Å². The van der Waals surface area contributed by atoms with Gasteiger partial charge < -0.3 is 9.47 Å². The number of alkyl halides is 3. The van der Waals surface area contributed by atoms with Gasteiger partial charge >= 0.3 is 6.18 Å². The van der Waals surface area contributed by atoms with Gasteiger partial charge in [-0.1, -0.05) is 36.3 Å². The summed E-state index contributed by atoms with van der Waals surface area (Å²) in [5.41, 5.74) is 0.526. The first-order valence-corrected chi connectivity index (χ1v) is 7.03. The maximum Gasteiger partial charge on any atom is 0.416 e. The van der Waals surface area contributed by atoms with Crippen LogP contribution in [-0.2, 0) is 21.4 Å². The molecule has 0 unspecified atom stereocenters. The molecule has 3 rings (SSSR count). The van der Waals surface area contributed by atoms with Crippen molar-refractivity contribution in [3.8, 4) is 11.8 Å². The van der Waals surface area contributed by atoms with Crippen LogP contribution in [0, 0.1) is 11.8 Å². The first-order chi connectivity index (χ1) is 11.0. The number of halogens is 3. The van der Waals surface area contributed by atoms with Crippen LogP contribution >= 0.6 is 0 Å². The van der Waals surface area contributed by atoms with E-state index in [1.807, 2.05) is 30.3 Å². The van der Waals surface area contributed by atoms with Gasteiger partial charge in [0.1, 0.15) is 0 Å². The van der Waals surface area contributed by atoms with Crippen molar-refractivity contribution >= 4 is 0 Å². The van der Waals surface area contributed by atoms with E-state index in [-0.39, 0.29) is 0 Å². The summed E-state index contributed by atoms with van der Waals surface area (Å²) in [4.78, 5) is 0. The van der Waals surface area contributed by atoms with E-state index >= 15 is 0 Å². The zero-order valence-corrected chi connectivity index (χ0v) is 12.1. The van der Waals surface area contributed by atoms with Crippen molar-refractivity contribution in [3.05, 3.63) is 71.3 Å². The van der Waals surface area contributed by atoms with Gasteiger partial charge in [-0.2, -0.15) is 13.2 Å². The Morgan fingerprint density at radius 3 is 2.04 bits per heavy atom. The highest BCUT2D eigenvalue weighted by atomic mass is 19.4. The third kappa shape index (κ3) is 3.39. The zero-order valence-electron chi connectivity index (χ0n) is 12.1. The Morgan fingerprint density at radius 1 is 0.870 bits per heavy atom. The molecule has 23 heavy (non-hydrogen) atoms. The van der Waals surface area contributed by atoms with E-state index in [1.54, 1.807) is 0 Å². The van der Waals surface area contributed by atoms with Gasteiger partial charge in [0.2, 0.25) is 0 Å². The molecule has 1 heterocycles. The van der Waals surface area contributed by atoms with Gasteiger partial charge in [-0.15, -0.1) is 0 Å². The summed E-state index contributed by atoms with van der Waals surface area (Å²) in [5.74, 6) is 4.58. The van der Waals surface area contributed by atoms with Gasteiger partial charge in [0.25, 0.3) is 5.79 Å². The Kier molecular flexibility index (Phi) is 4.12. The van der Waals surface area contributed by atoms with Crippen LogP contribution in [0.1, 0.15) is 16.7 Å². The molecule has 2 aromatic rings. The molecule has 0 aromatic heterocycles. The number of ether oxygens (including phenoxy) is 2. The highest BCUT2D eigenvalue weighted by molar-refractivity contribution is 5.40. The second-order valence-electron chi connectivity index (χ2n) is 5.00. The fourth-order valence-electron chi connectivity index (χ4n) is 2.28. The molecule has 0 radical (unpaired) electrons. The highest BCUT2D eigenvalue weighted by Gasteiger charge is 2.37. The van der Waals surface area contributed by atoms with Crippen molar-refractivity contribution < 1.29 is 22.6 Å². The normalized spacial score (nSPS) is 16.7. The maximum absolute atomic E-state index is 12.6. The summed E-state index contributed by atoms with van der Waals surface area (Å²) in [6.07, 6.45) is -4.35. The van der Waals surface area contributed by atoms with Crippen LogP contribution in [0.4, 0.5) is 13.2 Å². The summed E-state index contributed by atoms with van der Waals surface area (Å²) in [7, 11) is 0. The average molecular weight is 318 g/mol. The Hall–Kier alpha value is -2.29. The van der Waals surface area contributed by atoms with Crippen molar-refractivity contribution in [2.24, 2.45) is 0 Å².